The van der Waals surface area contributed by atoms with E-state index >= 15 is 0 Å². The lowest BCUT2D eigenvalue weighted by molar-refractivity contribution is -0.113. The van der Waals surface area contributed by atoms with Crippen molar-refractivity contribution in [2.75, 3.05) is 6.61 Å². The highest BCUT2D eigenvalue weighted by atomic mass is 16.3. The molecule has 2 saturated carbocycles. The van der Waals surface area contributed by atoms with Crippen LogP contribution in [0.25, 0.3) is 0 Å². The van der Waals surface area contributed by atoms with E-state index in [-0.39, 0.29) is 18.1 Å². The molecule has 2 nitrogen and oxygen atoms in total. The van der Waals surface area contributed by atoms with Crippen molar-refractivity contribution in [3.63, 3.8) is 0 Å². The highest BCUT2D eigenvalue weighted by Crippen LogP contribution is 2.49. The first kappa shape index (κ1) is 8.52. The van der Waals surface area contributed by atoms with Crippen molar-refractivity contribution in [2.45, 2.75) is 44.6 Å². The molecule has 0 aromatic rings. The molecule has 0 heterocycles. The predicted molar refractivity (Wildman–Crippen MR) is 46.7 cm³/mol. The highest BCUT2D eigenvalue weighted by molar-refractivity contribution is 4.97. The van der Waals surface area contributed by atoms with Crippen LogP contribution in [-0.4, -0.2) is 22.9 Å². The van der Waals surface area contributed by atoms with Crippen LogP contribution in [0.4, 0.5) is 0 Å². The van der Waals surface area contributed by atoms with Gasteiger partial charge in [0.2, 0.25) is 0 Å². The maximum atomic E-state index is 9.98. The van der Waals surface area contributed by atoms with Crippen LogP contribution in [0.1, 0.15) is 38.5 Å². The summed E-state index contributed by atoms with van der Waals surface area (Å²) in [6.45, 7) is 0.185. The normalized spacial score (nSPS) is 30.5. The van der Waals surface area contributed by atoms with E-state index in [1.165, 1.54) is 25.7 Å². The number of hydrogen-bond acceptors (Lipinski definition) is 2. The monoisotopic (exact) mass is 170 g/mol. The minimum absolute atomic E-state index is 0.0922. The summed E-state index contributed by atoms with van der Waals surface area (Å²) in [6.07, 6.45) is 6.63. The summed E-state index contributed by atoms with van der Waals surface area (Å²) in [5, 5.41) is 19.2. The molecule has 2 aliphatic rings. The first-order valence-electron chi connectivity index (χ1n) is 5.07. The van der Waals surface area contributed by atoms with Crippen LogP contribution in [0.5, 0.6) is 0 Å². The molecular weight excluding hydrogens is 152 g/mol. The van der Waals surface area contributed by atoms with Crippen molar-refractivity contribution in [2.24, 2.45) is 11.3 Å². The summed E-state index contributed by atoms with van der Waals surface area (Å²) in [4.78, 5) is 0. The Morgan fingerprint density at radius 3 is 2.17 bits per heavy atom. The van der Waals surface area contributed by atoms with Crippen LogP contribution in [0.15, 0.2) is 0 Å². The molecule has 2 fully saturated rings. The quantitative estimate of drug-likeness (QED) is 0.670. The van der Waals surface area contributed by atoms with Gasteiger partial charge in [0, 0.05) is 5.41 Å². The Balaban J connectivity index is 1.95. The second kappa shape index (κ2) is 3.00. The molecule has 2 heteroatoms. The molecule has 0 bridgehead atoms. The Bertz CT molecular complexity index is 154. The molecule has 2 N–H and O–H groups in total. The second-order valence-corrected chi connectivity index (χ2v) is 4.51. The van der Waals surface area contributed by atoms with E-state index in [1.807, 2.05) is 0 Å². The van der Waals surface area contributed by atoms with Crippen LogP contribution in [0, 0.1) is 11.3 Å². The molecule has 0 aromatic carbocycles. The van der Waals surface area contributed by atoms with E-state index in [0.29, 0.717) is 5.92 Å². The molecule has 0 amide bonds. The predicted octanol–water partition coefficient (Wildman–Crippen LogP) is 1.31. The minimum Gasteiger partial charge on any atom is -0.396 e. The first-order chi connectivity index (χ1) is 5.78. The molecule has 0 spiro atoms. The molecule has 0 aliphatic heterocycles. The van der Waals surface area contributed by atoms with Gasteiger partial charge in [-0.2, -0.15) is 0 Å². The van der Waals surface area contributed by atoms with Crippen molar-refractivity contribution in [1.82, 2.24) is 0 Å². The lowest BCUT2D eigenvalue weighted by Gasteiger charge is -2.49. The molecule has 1 atom stereocenters. The standard InChI is InChI=1S/C10H18O2/c11-7-10(5-2-6-10)9(12)8-3-1-4-8/h8-9,11-12H,1-7H2. The van der Waals surface area contributed by atoms with Gasteiger partial charge in [-0.1, -0.05) is 12.8 Å². The van der Waals surface area contributed by atoms with Crippen molar-refractivity contribution in [3.05, 3.63) is 0 Å². The van der Waals surface area contributed by atoms with Crippen LogP contribution < -0.4 is 0 Å². The largest absolute Gasteiger partial charge is 0.396 e. The summed E-state index contributed by atoms with van der Waals surface area (Å²) in [5.41, 5.74) is -0.0922. The second-order valence-electron chi connectivity index (χ2n) is 4.51. The summed E-state index contributed by atoms with van der Waals surface area (Å²) in [7, 11) is 0. The van der Waals surface area contributed by atoms with E-state index in [1.54, 1.807) is 0 Å². The van der Waals surface area contributed by atoms with Gasteiger partial charge >= 0.3 is 0 Å². The van der Waals surface area contributed by atoms with Crippen molar-refractivity contribution >= 4 is 0 Å². The smallest absolute Gasteiger partial charge is 0.0646 e. The Morgan fingerprint density at radius 1 is 1.25 bits per heavy atom. The zero-order valence-electron chi connectivity index (χ0n) is 7.50. The van der Waals surface area contributed by atoms with Crippen LogP contribution in [-0.2, 0) is 0 Å². The molecule has 2 aliphatic carbocycles. The Kier molecular flexibility index (Phi) is 2.13. The summed E-state index contributed by atoms with van der Waals surface area (Å²) < 4.78 is 0. The SMILES string of the molecule is OCC1(C(O)C2CCC2)CCC1. The fraction of sp³-hybridized carbons (Fsp3) is 1.00. The van der Waals surface area contributed by atoms with Gasteiger partial charge in [-0.25, -0.2) is 0 Å². The average Bonchev–Trinajstić information content (AvgIpc) is 1.81. The van der Waals surface area contributed by atoms with E-state index in [4.69, 9.17) is 0 Å². The van der Waals surface area contributed by atoms with Crippen molar-refractivity contribution < 1.29 is 10.2 Å². The zero-order chi connectivity index (χ0) is 8.60. The summed E-state index contributed by atoms with van der Waals surface area (Å²) in [5.74, 6) is 0.498. The molecule has 0 aromatic heterocycles. The third-order valence-corrected chi connectivity index (χ3v) is 3.89. The maximum Gasteiger partial charge on any atom is 0.0646 e. The summed E-state index contributed by atoms with van der Waals surface area (Å²) in [6, 6.07) is 0. The van der Waals surface area contributed by atoms with Crippen LogP contribution in [0.2, 0.25) is 0 Å². The number of aliphatic hydroxyl groups is 2. The zero-order valence-corrected chi connectivity index (χ0v) is 7.50. The van der Waals surface area contributed by atoms with Gasteiger partial charge in [-0.15, -0.1) is 0 Å². The molecule has 0 radical (unpaired) electrons. The van der Waals surface area contributed by atoms with E-state index < -0.39 is 0 Å². The lowest BCUT2D eigenvalue weighted by Crippen LogP contribution is -2.49. The van der Waals surface area contributed by atoms with Crippen molar-refractivity contribution in [1.29, 1.82) is 0 Å². The third kappa shape index (κ3) is 1.09. The van der Waals surface area contributed by atoms with E-state index in [2.05, 4.69) is 0 Å². The van der Waals surface area contributed by atoms with Gasteiger partial charge in [0.25, 0.3) is 0 Å². The topological polar surface area (TPSA) is 40.5 Å². The maximum absolute atomic E-state index is 9.98. The number of aliphatic hydroxyl groups excluding tert-OH is 2. The van der Waals surface area contributed by atoms with Crippen molar-refractivity contribution in [3.8, 4) is 0 Å². The fourth-order valence-corrected chi connectivity index (χ4v) is 2.43. The number of rotatable bonds is 3. The molecule has 12 heavy (non-hydrogen) atoms. The molecule has 2 rings (SSSR count). The average molecular weight is 170 g/mol. The van der Waals surface area contributed by atoms with Gasteiger partial charge in [0.15, 0.2) is 0 Å². The highest BCUT2D eigenvalue weighted by Gasteiger charge is 2.47. The van der Waals surface area contributed by atoms with Gasteiger partial charge in [-0.3, -0.25) is 0 Å². The van der Waals surface area contributed by atoms with E-state index in [0.717, 1.165) is 12.8 Å². The first-order valence-corrected chi connectivity index (χ1v) is 5.07. The Hall–Kier alpha value is -0.0800. The van der Waals surface area contributed by atoms with Crippen LogP contribution in [0.3, 0.4) is 0 Å². The molecule has 0 saturated heterocycles. The minimum atomic E-state index is -0.218. The summed E-state index contributed by atoms with van der Waals surface area (Å²) >= 11 is 0. The molecule has 70 valence electrons. The Morgan fingerprint density at radius 2 is 1.92 bits per heavy atom. The molecular formula is C10H18O2. The lowest BCUT2D eigenvalue weighted by atomic mass is 9.60. The third-order valence-electron chi connectivity index (χ3n) is 3.89. The van der Waals surface area contributed by atoms with Crippen LogP contribution >= 0.6 is 0 Å². The van der Waals surface area contributed by atoms with Gasteiger partial charge in [0.05, 0.1) is 12.7 Å². The Labute approximate surface area is 73.6 Å². The molecule has 1 unspecified atom stereocenters. The number of hydrogen-bond donors (Lipinski definition) is 2. The van der Waals surface area contributed by atoms with E-state index in [9.17, 15) is 10.2 Å². The van der Waals surface area contributed by atoms with Gasteiger partial charge in [-0.05, 0) is 31.6 Å². The fourth-order valence-electron chi connectivity index (χ4n) is 2.43. The van der Waals surface area contributed by atoms with Gasteiger partial charge < -0.3 is 10.2 Å². The van der Waals surface area contributed by atoms with Gasteiger partial charge in [0.1, 0.15) is 0 Å².